The van der Waals surface area contributed by atoms with E-state index in [9.17, 15) is 31.6 Å². The van der Waals surface area contributed by atoms with Crippen LogP contribution in [-0.4, -0.2) is 49.2 Å². The van der Waals surface area contributed by atoms with E-state index in [0.717, 1.165) is 41.1 Å². The van der Waals surface area contributed by atoms with Gasteiger partial charge in [-0.05, 0) is 23.8 Å². The Balaban J connectivity index is 2.31. The number of pyridine rings is 1. The van der Waals surface area contributed by atoms with Crippen LogP contribution in [0.5, 0.6) is 0 Å². The molecule has 1 atom stereocenters. The topological polar surface area (TPSA) is 118 Å². The first-order valence-electron chi connectivity index (χ1n) is 9.71. The SMILES string of the molecule is CCN(CC)S(=O)(=O)c1ccc(=O)n(CC(=O)NC(C(=O)NC)c2ccc(F)c(F)c2)c1. The molecule has 1 aromatic carbocycles. The van der Waals surface area contributed by atoms with Crippen molar-refractivity contribution in [3.63, 3.8) is 0 Å². The molecule has 0 spiro atoms. The molecule has 0 radical (unpaired) electrons. The van der Waals surface area contributed by atoms with Gasteiger partial charge in [-0.25, -0.2) is 17.2 Å². The van der Waals surface area contributed by atoms with E-state index >= 15 is 0 Å². The van der Waals surface area contributed by atoms with E-state index < -0.39 is 51.6 Å². The van der Waals surface area contributed by atoms with Crippen molar-refractivity contribution >= 4 is 21.8 Å². The molecule has 1 aromatic heterocycles. The minimum atomic E-state index is -3.87. The molecule has 174 valence electrons. The minimum absolute atomic E-state index is 0.0122. The fourth-order valence-corrected chi connectivity index (χ4v) is 4.47. The number of carbonyl (C=O) groups excluding carboxylic acids is 2. The van der Waals surface area contributed by atoms with Gasteiger partial charge in [0.1, 0.15) is 12.6 Å². The first-order valence-corrected chi connectivity index (χ1v) is 11.2. The van der Waals surface area contributed by atoms with E-state index in [-0.39, 0.29) is 23.5 Å². The highest BCUT2D eigenvalue weighted by molar-refractivity contribution is 7.89. The normalized spacial score (nSPS) is 12.4. The molecule has 0 aliphatic heterocycles. The lowest BCUT2D eigenvalue weighted by Gasteiger charge is -2.20. The predicted octanol–water partition coefficient (Wildman–Crippen LogP) is 0.761. The summed E-state index contributed by atoms with van der Waals surface area (Å²) in [7, 11) is -2.57. The third-order valence-electron chi connectivity index (χ3n) is 4.70. The highest BCUT2D eigenvalue weighted by Crippen LogP contribution is 2.17. The van der Waals surface area contributed by atoms with Gasteiger partial charge in [0.2, 0.25) is 21.8 Å². The molecule has 0 aliphatic rings. The Hall–Kier alpha value is -3.12. The van der Waals surface area contributed by atoms with Gasteiger partial charge in [-0.3, -0.25) is 14.4 Å². The number of halogens is 2. The van der Waals surface area contributed by atoms with E-state index in [1.54, 1.807) is 13.8 Å². The van der Waals surface area contributed by atoms with Gasteiger partial charge in [0, 0.05) is 32.4 Å². The second kappa shape index (κ2) is 10.5. The molecular formula is C20H24F2N4O5S. The van der Waals surface area contributed by atoms with Crippen LogP contribution in [0.25, 0.3) is 0 Å². The molecule has 2 aromatic rings. The molecule has 0 bridgehead atoms. The minimum Gasteiger partial charge on any atom is -0.357 e. The Labute approximate surface area is 184 Å². The number of rotatable bonds is 9. The van der Waals surface area contributed by atoms with Crippen molar-refractivity contribution in [3.05, 3.63) is 64.1 Å². The van der Waals surface area contributed by atoms with E-state index in [1.165, 1.54) is 11.4 Å². The lowest BCUT2D eigenvalue weighted by molar-refractivity contribution is -0.129. The first kappa shape index (κ1) is 25.1. The van der Waals surface area contributed by atoms with E-state index in [2.05, 4.69) is 10.6 Å². The number of nitrogens with one attached hydrogen (secondary N) is 2. The number of amides is 2. The second-order valence-electron chi connectivity index (χ2n) is 6.71. The summed E-state index contributed by atoms with van der Waals surface area (Å²) in [5, 5.41) is 4.66. The molecule has 0 aliphatic carbocycles. The monoisotopic (exact) mass is 470 g/mol. The van der Waals surface area contributed by atoms with Crippen molar-refractivity contribution < 1.29 is 26.8 Å². The maximum absolute atomic E-state index is 13.6. The summed E-state index contributed by atoms with van der Waals surface area (Å²) >= 11 is 0. The number of nitrogens with zero attached hydrogens (tertiary/aromatic N) is 2. The molecule has 0 fully saturated rings. The molecule has 1 heterocycles. The van der Waals surface area contributed by atoms with Crippen molar-refractivity contribution in [2.24, 2.45) is 0 Å². The molecule has 2 rings (SSSR count). The van der Waals surface area contributed by atoms with Gasteiger partial charge in [0.25, 0.3) is 5.56 Å². The maximum Gasteiger partial charge on any atom is 0.251 e. The van der Waals surface area contributed by atoms with Crippen LogP contribution in [0.15, 0.2) is 46.2 Å². The molecule has 0 saturated carbocycles. The third kappa shape index (κ3) is 5.56. The van der Waals surface area contributed by atoms with Gasteiger partial charge in [0.15, 0.2) is 11.6 Å². The van der Waals surface area contributed by atoms with Crippen LogP contribution in [0.2, 0.25) is 0 Å². The summed E-state index contributed by atoms with van der Waals surface area (Å²) in [4.78, 5) is 36.7. The van der Waals surface area contributed by atoms with Gasteiger partial charge in [-0.1, -0.05) is 19.9 Å². The van der Waals surface area contributed by atoms with Crippen molar-refractivity contribution in [2.75, 3.05) is 20.1 Å². The molecule has 32 heavy (non-hydrogen) atoms. The Morgan fingerprint density at radius 1 is 1.09 bits per heavy atom. The standard InChI is InChI=1S/C20H24F2N4O5S/c1-4-26(5-2)32(30,31)14-7-9-18(28)25(11-14)12-17(27)24-19(20(29)23-3)13-6-8-15(21)16(22)10-13/h6-11,19H,4-5,12H2,1-3H3,(H,23,29)(H,24,27). The van der Waals surface area contributed by atoms with Crippen molar-refractivity contribution in [1.82, 2.24) is 19.5 Å². The van der Waals surface area contributed by atoms with Crippen LogP contribution in [0.4, 0.5) is 8.78 Å². The highest BCUT2D eigenvalue weighted by Gasteiger charge is 2.25. The van der Waals surface area contributed by atoms with Crippen LogP contribution in [0.3, 0.4) is 0 Å². The zero-order valence-corrected chi connectivity index (χ0v) is 18.6. The Morgan fingerprint density at radius 3 is 2.31 bits per heavy atom. The molecule has 0 saturated heterocycles. The largest absolute Gasteiger partial charge is 0.357 e. The number of benzene rings is 1. The number of hydrogen-bond donors (Lipinski definition) is 2. The lowest BCUT2D eigenvalue weighted by atomic mass is 10.1. The number of sulfonamides is 1. The van der Waals surface area contributed by atoms with Crippen LogP contribution in [0.1, 0.15) is 25.5 Å². The molecule has 9 nitrogen and oxygen atoms in total. The van der Waals surface area contributed by atoms with Gasteiger partial charge in [-0.15, -0.1) is 0 Å². The smallest absolute Gasteiger partial charge is 0.251 e. The molecule has 1 unspecified atom stereocenters. The third-order valence-corrected chi connectivity index (χ3v) is 6.74. The zero-order valence-electron chi connectivity index (χ0n) is 17.8. The maximum atomic E-state index is 13.6. The number of hydrogen-bond acceptors (Lipinski definition) is 5. The molecular weight excluding hydrogens is 446 g/mol. The summed E-state index contributed by atoms with van der Waals surface area (Å²) in [6.07, 6.45) is 1.04. The van der Waals surface area contributed by atoms with Crippen molar-refractivity contribution in [3.8, 4) is 0 Å². The summed E-state index contributed by atoms with van der Waals surface area (Å²) in [5.74, 6) is -3.83. The molecule has 2 amide bonds. The summed E-state index contributed by atoms with van der Waals surface area (Å²) in [5.41, 5.74) is -0.648. The zero-order chi connectivity index (χ0) is 24.1. The average Bonchev–Trinajstić information content (AvgIpc) is 2.75. The summed E-state index contributed by atoms with van der Waals surface area (Å²) in [6.45, 7) is 3.18. The summed E-state index contributed by atoms with van der Waals surface area (Å²) < 4.78 is 54.3. The van der Waals surface area contributed by atoms with E-state index in [0.29, 0.717) is 0 Å². The number of likely N-dealkylation sites (N-methyl/N-ethyl adjacent to an activating group) is 1. The molecule has 12 heteroatoms. The predicted molar refractivity (Wildman–Crippen MR) is 112 cm³/mol. The van der Waals surface area contributed by atoms with Crippen molar-refractivity contribution in [1.29, 1.82) is 0 Å². The Kier molecular flexibility index (Phi) is 8.22. The van der Waals surface area contributed by atoms with Crippen LogP contribution < -0.4 is 16.2 Å². The van der Waals surface area contributed by atoms with Crippen LogP contribution in [0, 0.1) is 11.6 Å². The van der Waals surface area contributed by atoms with Gasteiger partial charge >= 0.3 is 0 Å². The summed E-state index contributed by atoms with van der Waals surface area (Å²) in [6, 6.07) is 3.55. The van der Waals surface area contributed by atoms with Gasteiger partial charge < -0.3 is 15.2 Å². The van der Waals surface area contributed by atoms with E-state index in [4.69, 9.17) is 0 Å². The Bertz CT molecular complexity index is 1160. The number of aromatic nitrogens is 1. The van der Waals surface area contributed by atoms with E-state index in [1.807, 2.05) is 0 Å². The van der Waals surface area contributed by atoms with Gasteiger partial charge in [-0.2, -0.15) is 4.31 Å². The quantitative estimate of drug-likeness (QED) is 0.561. The fourth-order valence-electron chi connectivity index (χ4n) is 3.00. The Morgan fingerprint density at radius 2 is 1.75 bits per heavy atom. The number of carbonyl (C=O) groups is 2. The molecule has 2 N–H and O–H groups in total. The van der Waals surface area contributed by atoms with Gasteiger partial charge in [0.05, 0.1) is 4.90 Å². The second-order valence-corrected chi connectivity index (χ2v) is 8.65. The lowest BCUT2D eigenvalue weighted by Crippen LogP contribution is -2.41. The first-order chi connectivity index (χ1) is 15.0. The van der Waals surface area contributed by atoms with Crippen molar-refractivity contribution in [2.45, 2.75) is 31.3 Å². The average molecular weight is 470 g/mol. The fraction of sp³-hybridized carbons (Fsp3) is 0.350. The van der Waals surface area contributed by atoms with Crippen LogP contribution >= 0.6 is 0 Å². The van der Waals surface area contributed by atoms with Crippen LogP contribution in [-0.2, 0) is 26.2 Å². The highest BCUT2D eigenvalue weighted by atomic mass is 32.2.